The van der Waals surface area contributed by atoms with Crippen LogP contribution in [0.5, 0.6) is 5.75 Å². The average molecular weight is 526 g/mol. The summed E-state index contributed by atoms with van der Waals surface area (Å²) in [7, 11) is -8.09. The zero-order valence-corrected chi connectivity index (χ0v) is 21.6. The molecule has 1 fully saturated rings. The molecule has 0 bridgehead atoms. The third kappa shape index (κ3) is 5.49. The van der Waals surface area contributed by atoms with Crippen LogP contribution in [0.25, 0.3) is 11.0 Å². The highest BCUT2D eigenvalue weighted by atomic mass is 32.2. The molecule has 2 aromatic rings. The first-order chi connectivity index (χ1) is 15.5. The van der Waals surface area contributed by atoms with E-state index >= 15 is 0 Å². The quantitative estimate of drug-likeness (QED) is 0.327. The molecule has 0 amide bonds. The fraction of sp³-hybridized carbons (Fsp3) is 0.700. The van der Waals surface area contributed by atoms with E-state index < -0.39 is 41.5 Å². The summed E-state index contributed by atoms with van der Waals surface area (Å²) in [6.07, 6.45) is 2.07. The first-order valence-corrected chi connectivity index (χ1v) is 15.3. The van der Waals surface area contributed by atoms with Crippen molar-refractivity contribution in [1.82, 2.24) is 14.8 Å². The Bertz CT molecular complexity index is 1200. The lowest BCUT2D eigenvalue weighted by molar-refractivity contribution is -0.0500. The van der Waals surface area contributed by atoms with Crippen molar-refractivity contribution in [2.75, 3.05) is 13.2 Å². The highest BCUT2D eigenvalue weighted by Gasteiger charge is 2.49. The molecule has 1 atom stereocenters. The van der Waals surface area contributed by atoms with E-state index in [9.17, 15) is 26.4 Å². The number of H-pyrrole nitrogens is 1. The van der Waals surface area contributed by atoms with E-state index in [0.29, 0.717) is 24.8 Å². The minimum atomic E-state index is -5.99. The number of fused-ring (bicyclic) bond motifs is 1. The third-order valence-corrected chi connectivity index (χ3v) is 11.8. The Morgan fingerprint density at radius 1 is 1.26 bits per heavy atom. The molecule has 0 saturated carbocycles. The Kier molecular flexibility index (Phi) is 7.29. The lowest BCUT2D eigenvalue weighted by Gasteiger charge is -2.36. The molecule has 1 unspecified atom stereocenters. The Morgan fingerprint density at radius 2 is 1.94 bits per heavy atom. The van der Waals surface area contributed by atoms with Gasteiger partial charge < -0.3 is 18.3 Å². The third-order valence-electron chi connectivity index (χ3n) is 6.27. The SMILES string of the molecule is CC(C)(C)[Si](C)(C)OCCc1c2[nH]c(=O)cc(OS(=O)(=O)C(F)(F)F)c2nn1C1CCCCO1. The summed E-state index contributed by atoms with van der Waals surface area (Å²) >= 11 is 0. The smallest absolute Gasteiger partial charge is 0.416 e. The summed E-state index contributed by atoms with van der Waals surface area (Å²) in [6, 6.07) is 0.639. The molecule has 1 saturated heterocycles. The maximum Gasteiger partial charge on any atom is 0.534 e. The van der Waals surface area contributed by atoms with E-state index in [1.54, 1.807) is 0 Å². The molecule has 3 heterocycles. The molecular weight excluding hydrogens is 495 g/mol. The van der Waals surface area contributed by atoms with Gasteiger partial charge in [0.1, 0.15) is 0 Å². The first kappa shape index (κ1) is 26.7. The molecule has 2 aromatic heterocycles. The van der Waals surface area contributed by atoms with Gasteiger partial charge in [0, 0.05) is 25.7 Å². The van der Waals surface area contributed by atoms with Gasteiger partial charge in [0.25, 0.3) is 5.56 Å². The second kappa shape index (κ2) is 9.28. The molecule has 3 rings (SSSR count). The second-order valence-electron chi connectivity index (χ2n) is 9.78. The van der Waals surface area contributed by atoms with Crippen LogP contribution in [0.2, 0.25) is 18.1 Å². The van der Waals surface area contributed by atoms with Crippen molar-refractivity contribution in [3.8, 4) is 5.75 Å². The van der Waals surface area contributed by atoms with Gasteiger partial charge in [0.05, 0.1) is 11.2 Å². The number of ether oxygens (including phenoxy) is 1. The monoisotopic (exact) mass is 525 g/mol. The maximum absolute atomic E-state index is 12.9. The Morgan fingerprint density at radius 3 is 2.50 bits per heavy atom. The highest BCUT2D eigenvalue weighted by molar-refractivity contribution is 7.88. The Hall–Kier alpha value is -1.90. The predicted octanol–water partition coefficient (Wildman–Crippen LogP) is 4.22. The van der Waals surface area contributed by atoms with E-state index in [0.717, 1.165) is 12.8 Å². The Labute approximate surface area is 196 Å². The summed E-state index contributed by atoms with van der Waals surface area (Å²) in [6.45, 7) is 11.2. The number of nitrogens with zero attached hydrogens (tertiary/aromatic N) is 2. The van der Waals surface area contributed by atoms with Crippen LogP contribution in [0.15, 0.2) is 10.9 Å². The second-order valence-corrected chi connectivity index (χ2v) is 16.1. The molecule has 1 aliphatic rings. The fourth-order valence-electron chi connectivity index (χ4n) is 3.36. The van der Waals surface area contributed by atoms with E-state index in [1.165, 1.54) is 4.68 Å². The van der Waals surface area contributed by atoms with Crippen molar-refractivity contribution in [1.29, 1.82) is 0 Å². The van der Waals surface area contributed by atoms with E-state index in [1.807, 2.05) is 0 Å². The van der Waals surface area contributed by atoms with Gasteiger partial charge in [-0.25, -0.2) is 4.68 Å². The van der Waals surface area contributed by atoms with E-state index in [4.69, 9.17) is 9.16 Å². The van der Waals surface area contributed by atoms with Gasteiger partial charge in [0.2, 0.25) is 0 Å². The first-order valence-electron chi connectivity index (χ1n) is 10.9. The molecule has 14 heteroatoms. The van der Waals surface area contributed by atoms with Gasteiger partial charge in [-0.3, -0.25) is 4.79 Å². The van der Waals surface area contributed by atoms with Crippen molar-refractivity contribution in [3.05, 3.63) is 22.1 Å². The van der Waals surface area contributed by atoms with Crippen molar-refractivity contribution in [2.45, 2.75) is 76.3 Å². The molecule has 1 aliphatic heterocycles. The van der Waals surface area contributed by atoms with Gasteiger partial charge in [-0.1, -0.05) is 20.8 Å². The molecule has 0 aliphatic carbocycles. The average Bonchev–Trinajstić information content (AvgIpc) is 3.05. The van der Waals surface area contributed by atoms with Crippen molar-refractivity contribution >= 4 is 29.5 Å². The predicted molar refractivity (Wildman–Crippen MR) is 122 cm³/mol. The Balaban J connectivity index is 2.06. The molecule has 1 N–H and O–H groups in total. The number of halogens is 3. The summed E-state index contributed by atoms with van der Waals surface area (Å²) in [5.74, 6) is -0.794. The highest BCUT2D eigenvalue weighted by Crippen LogP contribution is 2.37. The summed E-state index contributed by atoms with van der Waals surface area (Å²) in [4.78, 5) is 14.8. The number of aromatic nitrogens is 3. The lowest BCUT2D eigenvalue weighted by atomic mass is 10.2. The zero-order valence-electron chi connectivity index (χ0n) is 19.8. The number of rotatable bonds is 7. The fourth-order valence-corrected chi connectivity index (χ4v) is 4.87. The normalized spacial score (nSPS) is 18.4. The van der Waals surface area contributed by atoms with Gasteiger partial charge in [-0.05, 0) is 37.4 Å². The molecule has 0 spiro atoms. The molecular formula is C20H30F3N3O6SSi. The number of pyridine rings is 1. The van der Waals surface area contributed by atoms with Crippen LogP contribution in [-0.4, -0.2) is 50.2 Å². The van der Waals surface area contributed by atoms with E-state index in [-0.39, 0.29) is 29.1 Å². The largest absolute Gasteiger partial charge is 0.534 e. The molecule has 0 radical (unpaired) electrons. The van der Waals surface area contributed by atoms with Crippen molar-refractivity contribution in [3.63, 3.8) is 0 Å². The van der Waals surface area contributed by atoms with Crippen LogP contribution in [0.1, 0.15) is 52.0 Å². The summed E-state index contributed by atoms with van der Waals surface area (Å²) in [5, 5.41) is 4.29. The zero-order chi connectivity index (χ0) is 25.5. The standard InChI is InChI=1S/C20H30F3N3O6SSi/c1-19(2,3)34(4,5)31-11-9-13-17-18(25-26(13)16-8-6-7-10-30-16)14(12-15(27)24-17)32-33(28,29)20(21,22)23/h12,16H,6-11H2,1-5H3,(H,24,27). The number of hydrogen-bond donors (Lipinski definition) is 1. The van der Waals surface area contributed by atoms with Gasteiger partial charge >= 0.3 is 15.6 Å². The molecule has 192 valence electrons. The van der Waals surface area contributed by atoms with Crippen molar-refractivity contribution in [2.24, 2.45) is 0 Å². The van der Waals surface area contributed by atoms with E-state index in [2.05, 4.69) is 48.1 Å². The molecule has 0 aromatic carbocycles. The van der Waals surface area contributed by atoms with Gasteiger partial charge in [-0.15, -0.1) is 0 Å². The topological polar surface area (TPSA) is 113 Å². The lowest BCUT2D eigenvalue weighted by Crippen LogP contribution is -2.41. The summed E-state index contributed by atoms with van der Waals surface area (Å²) in [5.41, 5.74) is -6.13. The van der Waals surface area contributed by atoms with Crippen LogP contribution >= 0.6 is 0 Å². The molecule has 9 nitrogen and oxygen atoms in total. The molecule has 34 heavy (non-hydrogen) atoms. The summed E-state index contributed by atoms with van der Waals surface area (Å²) < 4.78 is 79.8. The minimum absolute atomic E-state index is 0.0386. The number of nitrogens with one attached hydrogen (secondary N) is 1. The maximum atomic E-state index is 12.9. The minimum Gasteiger partial charge on any atom is -0.416 e. The van der Waals surface area contributed by atoms with Gasteiger partial charge in [0.15, 0.2) is 25.8 Å². The number of alkyl halides is 3. The van der Waals surface area contributed by atoms with Crippen LogP contribution in [-0.2, 0) is 25.7 Å². The van der Waals surface area contributed by atoms with Crippen LogP contribution < -0.4 is 9.74 Å². The van der Waals surface area contributed by atoms with Crippen LogP contribution in [0.3, 0.4) is 0 Å². The van der Waals surface area contributed by atoms with Crippen LogP contribution in [0.4, 0.5) is 13.2 Å². The number of hydrogen-bond acceptors (Lipinski definition) is 7. The van der Waals surface area contributed by atoms with Crippen molar-refractivity contribution < 1.29 is 34.9 Å². The number of aromatic amines is 1. The van der Waals surface area contributed by atoms with Crippen LogP contribution in [0, 0.1) is 0 Å². The van der Waals surface area contributed by atoms with Gasteiger partial charge in [-0.2, -0.15) is 26.7 Å².